The Bertz CT molecular complexity index is 1360. The van der Waals surface area contributed by atoms with E-state index >= 15 is 0 Å². The maximum absolute atomic E-state index is 13.6. The summed E-state index contributed by atoms with van der Waals surface area (Å²) in [6.07, 6.45) is 0.584. The van der Waals surface area contributed by atoms with E-state index in [4.69, 9.17) is 0 Å². The Kier molecular flexibility index (Phi) is 6.31. The first-order valence-electron chi connectivity index (χ1n) is 10.9. The Balaban J connectivity index is 1.24. The van der Waals surface area contributed by atoms with Crippen molar-refractivity contribution in [3.63, 3.8) is 0 Å². The zero-order valence-electron chi connectivity index (χ0n) is 18.2. The van der Waals surface area contributed by atoms with E-state index in [9.17, 15) is 9.18 Å². The SMILES string of the molecule is O=C(NCCc1csc2nc(-c3cccc(F)c3)nn12)NC(c1ccccc1)c1ccccc1. The molecule has 2 heterocycles. The Morgan fingerprint density at radius 3 is 2.35 bits per heavy atom. The van der Waals surface area contributed by atoms with Crippen molar-refractivity contribution in [3.05, 3.63) is 113 Å². The number of aromatic nitrogens is 3. The zero-order chi connectivity index (χ0) is 23.3. The van der Waals surface area contributed by atoms with Gasteiger partial charge in [-0.15, -0.1) is 16.4 Å². The number of carbonyl (C=O) groups excluding carboxylic acids is 1. The van der Waals surface area contributed by atoms with Gasteiger partial charge < -0.3 is 10.6 Å². The molecule has 0 fully saturated rings. The summed E-state index contributed by atoms with van der Waals surface area (Å²) >= 11 is 1.46. The zero-order valence-corrected chi connectivity index (χ0v) is 19.0. The van der Waals surface area contributed by atoms with Gasteiger partial charge in [0.2, 0.25) is 4.96 Å². The van der Waals surface area contributed by atoms with E-state index in [-0.39, 0.29) is 17.9 Å². The molecule has 0 unspecified atom stereocenters. The molecule has 0 aliphatic rings. The molecule has 0 aliphatic carbocycles. The smallest absolute Gasteiger partial charge is 0.315 e. The molecule has 0 spiro atoms. The number of fused-ring (bicyclic) bond motifs is 1. The second kappa shape index (κ2) is 9.84. The molecule has 0 saturated carbocycles. The third-order valence-electron chi connectivity index (χ3n) is 5.44. The van der Waals surface area contributed by atoms with Crippen molar-refractivity contribution in [3.8, 4) is 11.4 Å². The molecule has 0 radical (unpaired) electrons. The van der Waals surface area contributed by atoms with E-state index in [1.807, 2.05) is 66.0 Å². The van der Waals surface area contributed by atoms with Gasteiger partial charge in [0.15, 0.2) is 5.82 Å². The highest BCUT2D eigenvalue weighted by Crippen LogP contribution is 2.23. The van der Waals surface area contributed by atoms with Gasteiger partial charge in [0.1, 0.15) is 5.82 Å². The van der Waals surface area contributed by atoms with Crippen LogP contribution in [0.1, 0.15) is 22.9 Å². The number of hydrogen-bond donors (Lipinski definition) is 2. The number of halogens is 1. The maximum Gasteiger partial charge on any atom is 0.315 e. The fourth-order valence-electron chi connectivity index (χ4n) is 3.78. The van der Waals surface area contributed by atoms with E-state index in [1.165, 1.54) is 23.5 Å². The lowest BCUT2D eigenvalue weighted by Crippen LogP contribution is -2.39. The highest BCUT2D eigenvalue weighted by Gasteiger charge is 2.17. The van der Waals surface area contributed by atoms with Gasteiger partial charge >= 0.3 is 6.03 Å². The topological polar surface area (TPSA) is 71.3 Å². The van der Waals surface area contributed by atoms with Gasteiger partial charge in [-0.05, 0) is 23.3 Å². The average Bonchev–Trinajstić information content (AvgIpc) is 3.45. The van der Waals surface area contributed by atoms with Crippen molar-refractivity contribution in [2.45, 2.75) is 12.5 Å². The number of carbonyl (C=O) groups is 1. The molecular formula is C26H22FN5OS. The standard InChI is InChI=1S/C26H22FN5OS/c27-21-13-7-12-20(16-21)24-30-26-32(31-24)22(17-34-26)14-15-28-25(33)29-23(18-8-3-1-4-9-18)19-10-5-2-6-11-19/h1-13,16-17,23H,14-15H2,(H2,28,29,33). The molecule has 8 heteroatoms. The predicted molar refractivity (Wildman–Crippen MR) is 131 cm³/mol. The monoisotopic (exact) mass is 471 g/mol. The normalized spacial score (nSPS) is 11.1. The van der Waals surface area contributed by atoms with Gasteiger partial charge in [0.05, 0.1) is 11.7 Å². The lowest BCUT2D eigenvalue weighted by molar-refractivity contribution is 0.239. The van der Waals surface area contributed by atoms with Crippen LogP contribution < -0.4 is 10.6 Å². The molecule has 0 saturated heterocycles. The predicted octanol–water partition coefficient (Wildman–Crippen LogP) is 5.23. The second-order valence-corrected chi connectivity index (χ2v) is 8.61. The molecular weight excluding hydrogens is 449 g/mol. The van der Waals surface area contributed by atoms with Crippen LogP contribution in [0.5, 0.6) is 0 Å². The maximum atomic E-state index is 13.6. The van der Waals surface area contributed by atoms with E-state index in [2.05, 4.69) is 20.7 Å². The first kappa shape index (κ1) is 21.8. The average molecular weight is 472 g/mol. The first-order valence-corrected chi connectivity index (χ1v) is 11.8. The third-order valence-corrected chi connectivity index (χ3v) is 6.31. The Morgan fingerprint density at radius 1 is 0.971 bits per heavy atom. The number of benzene rings is 3. The van der Waals surface area contributed by atoms with Gasteiger partial charge in [-0.3, -0.25) is 0 Å². The van der Waals surface area contributed by atoms with Gasteiger partial charge in [0.25, 0.3) is 0 Å². The minimum absolute atomic E-state index is 0.247. The molecule has 2 aromatic heterocycles. The van der Waals surface area contributed by atoms with Gasteiger partial charge in [0, 0.05) is 23.9 Å². The van der Waals surface area contributed by atoms with Gasteiger partial charge in [-0.2, -0.15) is 4.98 Å². The van der Waals surface area contributed by atoms with Gasteiger partial charge in [-0.1, -0.05) is 72.8 Å². The van der Waals surface area contributed by atoms with E-state index in [0.29, 0.717) is 24.4 Å². The molecule has 2 N–H and O–H groups in total. The van der Waals surface area contributed by atoms with Crippen LogP contribution in [0.3, 0.4) is 0 Å². The highest BCUT2D eigenvalue weighted by atomic mass is 32.1. The Morgan fingerprint density at radius 2 is 1.68 bits per heavy atom. The Hall–Kier alpha value is -4.04. The van der Waals surface area contributed by atoms with Crippen molar-refractivity contribution in [1.82, 2.24) is 25.2 Å². The summed E-state index contributed by atoms with van der Waals surface area (Å²) < 4.78 is 15.3. The number of rotatable bonds is 7. The number of thiazole rings is 1. The molecule has 170 valence electrons. The molecule has 6 nitrogen and oxygen atoms in total. The summed E-state index contributed by atoms with van der Waals surface area (Å²) in [5.74, 6) is 0.155. The minimum atomic E-state index is -0.324. The second-order valence-electron chi connectivity index (χ2n) is 7.77. The summed E-state index contributed by atoms with van der Waals surface area (Å²) in [6.45, 7) is 0.434. The summed E-state index contributed by atoms with van der Waals surface area (Å²) in [4.78, 5) is 18.0. The molecule has 0 aliphatic heterocycles. The summed E-state index contributed by atoms with van der Waals surface area (Å²) in [7, 11) is 0. The van der Waals surface area contributed by atoms with Crippen molar-refractivity contribution in [1.29, 1.82) is 0 Å². The Labute approximate surface area is 200 Å². The highest BCUT2D eigenvalue weighted by molar-refractivity contribution is 7.15. The van der Waals surface area contributed by atoms with E-state index < -0.39 is 0 Å². The number of nitrogens with zero attached hydrogens (tertiary/aromatic N) is 3. The molecule has 2 amide bonds. The number of amides is 2. The van der Waals surface area contributed by atoms with Crippen LogP contribution in [0.15, 0.2) is 90.3 Å². The van der Waals surface area contributed by atoms with Crippen LogP contribution in [0.4, 0.5) is 9.18 Å². The third kappa shape index (κ3) is 4.82. The van der Waals surface area contributed by atoms with Crippen molar-refractivity contribution < 1.29 is 9.18 Å². The molecule has 5 rings (SSSR count). The van der Waals surface area contributed by atoms with Crippen LogP contribution in [-0.4, -0.2) is 27.2 Å². The van der Waals surface area contributed by atoms with Crippen LogP contribution in [0, 0.1) is 5.82 Å². The first-order chi connectivity index (χ1) is 16.7. The molecule has 0 atom stereocenters. The lowest BCUT2D eigenvalue weighted by Gasteiger charge is -2.20. The summed E-state index contributed by atoms with van der Waals surface area (Å²) in [5.41, 5.74) is 3.58. The van der Waals surface area contributed by atoms with Crippen LogP contribution in [0.2, 0.25) is 0 Å². The fourth-order valence-corrected chi connectivity index (χ4v) is 4.64. The number of hydrogen-bond acceptors (Lipinski definition) is 4. The minimum Gasteiger partial charge on any atom is -0.338 e. The van der Waals surface area contributed by atoms with Crippen molar-refractivity contribution in [2.24, 2.45) is 0 Å². The largest absolute Gasteiger partial charge is 0.338 e. The summed E-state index contributed by atoms with van der Waals surface area (Å²) in [5, 5.41) is 12.5. The van der Waals surface area contributed by atoms with Gasteiger partial charge in [-0.25, -0.2) is 13.7 Å². The van der Waals surface area contributed by atoms with Crippen LogP contribution >= 0.6 is 11.3 Å². The van der Waals surface area contributed by atoms with Crippen LogP contribution in [0.25, 0.3) is 16.3 Å². The molecule has 3 aromatic carbocycles. The van der Waals surface area contributed by atoms with E-state index in [1.54, 1.807) is 16.6 Å². The lowest BCUT2D eigenvalue weighted by atomic mass is 9.99. The summed E-state index contributed by atoms with van der Waals surface area (Å²) in [6, 6.07) is 25.5. The fraction of sp³-hybridized carbons (Fsp3) is 0.115. The van der Waals surface area contributed by atoms with Crippen LogP contribution in [-0.2, 0) is 6.42 Å². The molecule has 0 bridgehead atoms. The van der Waals surface area contributed by atoms with Crippen molar-refractivity contribution >= 4 is 22.3 Å². The molecule has 5 aromatic rings. The van der Waals surface area contributed by atoms with Crippen molar-refractivity contribution in [2.75, 3.05) is 6.54 Å². The number of nitrogens with one attached hydrogen (secondary N) is 2. The number of urea groups is 1. The molecule has 34 heavy (non-hydrogen) atoms. The quantitative estimate of drug-likeness (QED) is 0.342. The van der Waals surface area contributed by atoms with E-state index in [0.717, 1.165) is 21.8 Å².